The van der Waals surface area contributed by atoms with Gasteiger partial charge in [-0.05, 0) is 19.1 Å². The zero-order chi connectivity index (χ0) is 11.3. The van der Waals surface area contributed by atoms with Gasteiger partial charge >= 0.3 is 0 Å². The first-order valence-electron chi connectivity index (χ1n) is 4.28. The molecule has 1 aromatic rings. The summed E-state index contributed by atoms with van der Waals surface area (Å²) < 4.78 is 0. The van der Waals surface area contributed by atoms with Crippen molar-refractivity contribution in [2.75, 3.05) is 5.43 Å². The number of rotatable bonds is 3. The third kappa shape index (κ3) is 3.12. The molecule has 0 saturated carbocycles. The summed E-state index contributed by atoms with van der Waals surface area (Å²) in [5, 5.41) is 19.3. The van der Waals surface area contributed by atoms with Crippen LogP contribution in [0.1, 0.15) is 5.56 Å². The molecule has 0 saturated heterocycles. The second-order valence-electron chi connectivity index (χ2n) is 2.96. The van der Waals surface area contributed by atoms with Crippen molar-refractivity contribution >= 4 is 17.2 Å². The molecule has 0 radical (unpaired) electrons. The number of anilines is 1. The number of hydrogen-bond donors (Lipinski definition) is 3. The Morgan fingerprint density at radius 1 is 1.47 bits per heavy atom. The Hall–Kier alpha value is -2.35. The van der Waals surface area contributed by atoms with Crippen molar-refractivity contribution in [3.63, 3.8) is 0 Å². The number of nitrogens with zero attached hydrogens (tertiary/aromatic N) is 2. The van der Waals surface area contributed by atoms with Crippen LogP contribution in [-0.2, 0) is 0 Å². The Balaban J connectivity index is 2.76. The number of aryl methyl sites for hydroxylation is 1. The van der Waals surface area contributed by atoms with Gasteiger partial charge in [0, 0.05) is 0 Å². The van der Waals surface area contributed by atoms with Crippen LogP contribution in [0.15, 0.2) is 29.4 Å². The smallest absolute Gasteiger partial charge is 0.201 e. The van der Waals surface area contributed by atoms with Gasteiger partial charge < -0.3 is 5.73 Å². The van der Waals surface area contributed by atoms with E-state index >= 15 is 0 Å². The van der Waals surface area contributed by atoms with Crippen LogP contribution in [0.2, 0.25) is 0 Å². The molecule has 0 aliphatic rings. The number of hydrogen-bond acceptors (Lipinski definition) is 4. The van der Waals surface area contributed by atoms with Crippen molar-refractivity contribution < 1.29 is 0 Å². The van der Waals surface area contributed by atoms with E-state index in [2.05, 4.69) is 10.5 Å². The molecule has 1 aromatic carbocycles. The van der Waals surface area contributed by atoms with Gasteiger partial charge in [-0.2, -0.15) is 10.4 Å². The Labute approximate surface area is 87.7 Å². The first kappa shape index (κ1) is 10.7. The second-order valence-corrected chi connectivity index (χ2v) is 2.96. The van der Waals surface area contributed by atoms with E-state index < -0.39 is 0 Å². The van der Waals surface area contributed by atoms with Crippen LogP contribution in [0, 0.1) is 23.7 Å². The predicted molar refractivity (Wildman–Crippen MR) is 59.8 cm³/mol. The van der Waals surface area contributed by atoms with Gasteiger partial charge in [0.15, 0.2) is 5.84 Å². The molecule has 5 heteroatoms. The molecule has 0 fully saturated rings. The fourth-order valence-corrected chi connectivity index (χ4v) is 0.894. The highest BCUT2D eigenvalue weighted by Gasteiger charge is 2.00. The van der Waals surface area contributed by atoms with Crippen LogP contribution in [0.4, 0.5) is 5.69 Å². The van der Waals surface area contributed by atoms with Crippen LogP contribution in [0.5, 0.6) is 0 Å². The fraction of sp³-hybridized carbons (Fsp3) is 0.100. The molecule has 0 bridgehead atoms. The lowest BCUT2D eigenvalue weighted by Gasteiger charge is -2.00. The molecule has 76 valence electrons. The van der Waals surface area contributed by atoms with Gasteiger partial charge in [-0.15, -0.1) is 0 Å². The van der Waals surface area contributed by atoms with E-state index in [9.17, 15) is 0 Å². The summed E-state index contributed by atoms with van der Waals surface area (Å²) in [5.74, 6) is -0.350. The van der Waals surface area contributed by atoms with Crippen LogP contribution < -0.4 is 11.2 Å². The van der Waals surface area contributed by atoms with E-state index in [0.717, 1.165) is 11.3 Å². The molecular formula is C10H11N5. The van der Waals surface area contributed by atoms with Crippen molar-refractivity contribution in [2.45, 2.75) is 6.92 Å². The normalized spacial score (nSPS) is 10.5. The average Bonchev–Trinajstić information content (AvgIpc) is 2.21. The van der Waals surface area contributed by atoms with E-state index in [0.29, 0.717) is 0 Å². The molecule has 0 spiro atoms. The minimum atomic E-state index is -0.350. The van der Waals surface area contributed by atoms with Gasteiger partial charge in [0.2, 0.25) is 5.71 Å². The maximum Gasteiger partial charge on any atom is 0.201 e. The third-order valence-electron chi connectivity index (χ3n) is 1.71. The van der Waals surface area contributed by atoms with Crippen LogP contribution in [-0.4, -0.2) is 11.5 Å². The fourth-order valence-electron chi connectivity index (χ4n) is 0.894. The van der Waals surface area contributed by atoms with E-state index in [1.54, 1.807) is 6.07 Å². The molecule has 0 aromatic heterocycles. The third-order valence-corrected chi connectivity index (χ3v) is 1.71. The Morgan fingerprint density at radius 3 is 2.53 bits per heavy atom. The SMILES string of the molecule is Cc1ccc(N/N=C(\C#N)C(=N)N)cc1. The van der Waals surface area contributed by atoms with Crippen molar-refractivity contribution in [1.82, 2.24) is 0 Å². The second kappa shape index (κ2) is 4.77. The van der Waals surface area contributed by atoms with Crippen molar-refractivity contribution in [3.05, 3.63) is 29.8 Å². The summed E-state index contributed by atoms with van der Waals surface area (Å²) in [4.78, 5) is 0. The zero-order valence-corrected chi connectivity index (χ0v) is 8.28. The molecule has 4 N–H and O–H groups in total. The molecule has 0 atom stereocenters. The quantitative estimate of drug-likeness (QED) is 0.389. The number of nitrogens with two attached hydrogens (primary N) is 1. The Morgan fingerprint density at radius 2 is 2.07 bits per heavy atom. The predicted octanol–water partition coefficient (Wildman–Crippen LogP) is 1.22. The summed E-state index contributed by atoms with van der Waals surface area (Å²) >= 11 is 0. The first-order valence-corrected chi connectivity index (χ1v) is 4.28. The Bertz CT molecular complexity index is 424. The highest BCUT2D eigenvalue weighted by molar-refractivity contribution is 6.45. The average molecular weight is 201 g/mol. The zero-order valence-electron chi connectivity index (χ0n) is 8.28. The van der Waals surface area contributed by atoms with Crippen LogP contribution >= 0.6 is 0 Å². The summed E-state index contributed by atoms with van der Waals surface area (Å²) in [5.41, 5.74) is 9.53. The molecule has 0 heterocycles. The number of hydrazone groups is 1. The highest BCUT2D eigenvalue weighted by Crippen LogP contribution is 2.08. The van der Waals surface area contributed by atoms with Crippen LogP contribution in [0.25, 0.3) is 0 Å². The maximum atomic E-state index is 8.58. The number of benzene rings is 1. The molecule has 1 rings (SSSR count). The van der Waals surface area contributed by atoms with Gasteiger partial charge in [0.25, 0.3) is 0 Å². The van der Waals surface area contributed by atoms with Gasteiger partial charge in [-0.3, -0.25) is 10.8 Å². The largest absolute Gasteiger partial charge is 0.382 e. The highest BCUT2D eigenvalue weighted by atomic mass is 15.3. The summed E-state index contributed by atoms with van der Waals surface area (Å²) in [6.07, 6.45) is 0. The lowest BCUT2D eigenvalue weighted by atomic mass is 10.2. The summed E-state index contributed by atoms with van der Waals surface area (Å²) in [6.45, 7) is 1.98. The minimum Gasteiger partial charge on any atom is -0.382 e. The molecule has 0 aliphatic carbocycles. The molecule has 5 nitrogen and oxygen atoms in total. The van der Waals surface area contributed by atoms with Gasteiger partial charge in [-0.25, -0.2) is 0 Å². The summed E-state index contributed by atoms with van der Waals surface area (Å²) in [7, 11) is 0. The summed E-state index contributed by atoms with van der Waals surface area (Å²) in [6, 6.07) is 9.20. The molecule has 15 heavy (non-hydrogen) atoms. The van der Waals surface area contributed by atoms with Crippen molar-refractivity contribution in [3.8, 4) is 6.07 Å². The molecular weight excluding hydrogens is 190 g/mol. The monoisotopic (exact) mass is 201 g/mol. The molecule has 0 amide bonds. The van der Waals surface area contributed by atoms with Crippen LogP contribution in [0.3, 0.4) is 0 Å². The molecule has 0 aliphatic heterocycles. The van der Waals surface area contributed by atoms with E-state index in [1.807, 2.05) is 31.2 Å². The van der Waals surface area contributed by atoms with E-state index in [4.69, 9.17) is 16.4 Å². The lowest BCUT2D eigenvalue weighted by molar-refractivity contribution is 1.32. The van der Waals surface area contributed by atoms with E-state index in [-0.39, 0.29) is 11.5 Å². The number of amidine groups is 1. The Kier molecular flexibility index (Phi) is 3.41. The van der Waals surface area contributed by atoms with Crippen molar-refractivity contribution in [1.29, 1.82) is 10.7 Å². The van der Waals surface area contributed by atoms with Gasteiger partial charge in [0.05, 0.1) is 5.69 Å². The standard InChI is InChI=1S/C10H11N5/c1-7-2-4-8(5-3-7)14-15-9(6-11)10(12)13/h2-5,14H,1H3,(H3,12,13)/b15-9+. The van der Waals surface area contributed by atoms with Gasteiger partial charge in [0.1, 0.15) is 6.07 Å². The first-order chi connectivity index (χ1) is 7.13. The van der Waals surface area contributed by atoms with Gasteiger partial charge in [-0.1, -0.05) is 17.7 Å². The lowest BCUT2D eigenvalue weighted by Crippen LogP contribution is -2.21. The number of nitrogens with one attached hydrogen (secondary N) is 2. The minimum absolute atomic E-state index is 0.129. The van der Waals surface area contributed by atoms with E-state index in [1.165, 1.54) is 0 Å². The molecule has 0 unspecified atom stereocenters. The van der Waals surface area contributed by atoms with Crippen molar-refractivity contribution in [2.24, 2.45) is 10.8 Å². The topological polar surface area (TPSA) is 98.0 Å². The number of nitriles is 1. The maximum absolute atomic E-state index is 8.58.